The third kappa shape index (κ3) is 1.41. The Labute approximate surface area is 90.5 Å². The van der Waals surface area contributed by atoms with Gasteiger partial charge in [-0.1, -0.05) is 36.8 Å². The van der Waals surface area contributed by atoms with Gasteiger partial charge in [-0.25, -0.2) is 0 Å². The first-order valence-electron chi connectivity index (χ1n) is 5.94. The average Bonchev–Trinajstić information content (AvgIpc) is 2.78. The number of carbonyl (C=O) groups excluding carboxylic acids is 1. The van der Waals surface area contributed by atoms with E-state index < -0.39 is 0 Å². The molecular weight excluding hydrogens is 184 g/mol. The highest BCUT2D eigenvalue weighted by atomic mass is 16.1. The van der Waals surface area contributed by atoms with Gasteiger partial charge in [-0.15, -0.1) is 0 Å². The predicted octanol–water partition coefficient (Wildman–Crippen LogP) is 3.16. The molecule has 0 saturated heterocycles. The molecule has 3 atom stereocenters. The Morgan fingerprint density at radius 3 is 2.67 bits per heavy atom. The van der Waals surface area contributed by atoms with Crippen LogP contribution in [0.4, 0.5) is 0 Å². The molecule has 1 aromatic carbocycles. The van der Waals surface area contributed by atoms with Crippen LogP contribution in [-0.4, -0.2) is 5.78 Å². The molecule has 1 aromatic rings. The number of carbonyl (C=O) groups is 1. The molecule has 0 heterocycles. The minimum Gasteiger partial charge on any atom is -0.299 e. The third-order valence-corrected chi connectivity index (χ3v) is 4.11. The van der Waals surface area contributed by atoms with Crippen molar-refractivity contribution in [1.29, 1.82) is 0 Å². The van der Waals surface area contributed by atoms with E-state index in [1.165, 1.54) is 24.8 Å². The van der Waals surface area contributed by atoms with Gasteiger partial charge < -0.3 is 0 Å². The molecule has 15 heavy (non-hydrogen) atoms. The van der Waals surface area contributed by atoms with E-state index in [1.54, 1.807) is 0 Å². The fourth-order valence-electron chi connectivity index (χ4n) is 3.48. The maximum atomic E-state index is 12.0. The van der Waals surface area contributed by atoms with Crippen LogP contribution in [-0.2, 0) is 4.79 Å². The van der Waals surface area contributed by atoms with Gasteiger partial charge in [-0.05, 0) is 30.2 Å². The lowest BCUT2D eigenvalue weighted by atomic mass is 9.86. The quantitative estimate of drug-likeness (QED) is 0.680. The van der Waals surface area contributed by atoms with Gasteiger partial charge in [0.15, 0.2) is 0 Å². The molecule has 0 amide bonds. The van der Waals surface area contributed by atoms with Crippen molar-refractivity contribution in [3.63, 3.8) is 0 Å². The average molecular weight is 200 g/mol. The maximum absolute atomic E-state index is 12.0. The van der Waals surface area contributed by atoms with Gasteiger partial charge >= 0.3 is 0 Å². The maximum Gasteiger partial charge on any atom is 0.140 e. The Balaban J connectivity index is 1.95. The smallest absolute Gasteiger partial charge is 0.140 e. The molecule has 0 spiro atoms. The van der Waals surface area contributed by atoms with Crippen molar-refractivity contribution in [2.24, 2.45) is 11.8 Å². The van der Waals surface area contributed by atoms with Crippen LogP contribution in [0.3, 0.4) is 0 Å². The van der Waals surface area contributed by atoms with Gasteiger partial charge in [0.2, 0.25) is 0 Å². The van der Waals surface area contributed by atoms with Crippen molar-refractivity contribution >= 4 is 5.78 Å². The number of fused-ring (bicyclic) bond motifs is 1. The van der Waals surface area contributed by atoms with E-state index in [9.17, 15) is 4.79 Å². The van der Waals surface area contributed by atoms with Crippen molar-refractivity contribution in [2.75, 3.05) is 0 Å². The van der Waals surface area contributed by atoms with Gasteiger partial charge in [0, 0.05) is 12.3 Å². The predicted molar refractivity (Wildman–Crippen MR) is 59.6 cm³/mol. The Hall–Kier alpha value is -1.11. The lowest BCUT2D eigenvalue weighted by Crippen LogP contribution is -2.12. The molecule has 0 bridgehead atoms. The normalized spacial score (nSPS) is 34.4. The third-order valence-electron chi connectivity index (χ3n) is 4.11. The standard InChI is InChI=1S/C14H16O/c15-13-9-11-7-4-8-12(11)14(13)10-5-2-1-3-6-10/h1-3,5-6,11-12,14H,4,7-9H2/t11-,12+,14-/m1/s1. The van der Waals surface area contributed by atoms with E-state index in [4.69, 9.17) is 0 Å². The lowest BCUT2D eigenvalue weighted by molar-refractivity contribution is -0.119. The topological polar surface area (TPSA) is 17.1 Å². The summed E-state index contributed by atoms with van der Waals surface area (Å²) in [7, 11) is 0. The SMILES string of the molecule is O=C1C[C@H]2CCC[C@@H]2[C@H]1c1ccccc1. The van der Waals surface area contributed by atoms with Gasteiger partial charge in [0.1, 0.15) is 5.78 Å². The first-order chi connectivity index (χ1) is 7.36. The first-order valence-corrected chi connectivity index (χ1v) is 5.94. The number of benzene rings is 1. The van der Waals surface area contributed by atoms with Crippen molar-refractivity contribution in [2.45, 2.75) is 31.6 Å². The van der Waals surface area contributed by atoms with Gasteiger partial charge in [-0.3, -0.25) is 4.79 Å². The summed E-state index contributed by atoms with van der Waals surface area (Å²) < 4.78 is 0. The van der Waals surface area contributed by atoms with Crippen LogP contribution in [0, 0.1) is 11.8 Å². The molecule has 1 nitrogen and oxygen atoms in total. The minimum atomic E-state index is 0.221. The molecular formula is C14H16O. The first kappa shape index (κ1) is 9.14. The number of Topliss-reactive ketones (excluding diaryl/α,β-unsaturated/α-hetero) is 1. The molecule has 2 fully saturated rings. The number of hydrogen-bond donors (Lipinski definition) is 0. The van der Waals surface area contributed by atoms with Crippen molar-refractivity contribution in [3.05, 3.63) is 35.9 Å². The molecule has 0 N–H and O–H groups in total. The summed E-state index contributed by atoms with van der Waals surface area (Å²) in [5.41, 5.74) is 1.25. The summed E-state index contributed by atoms with van der Waals surface area (Å²) in [6.45, 7) is 0. The molecule has 2 saturated carbocycles. The van der Waals surface area contributed by atoms with E-state index in [0.29, 0.717) is 17.6 Å². The molecule has 0 aliphatic heterocycles. The number of ketones is 1. The van der Waals surface area contributed by atoms with Crippen LogP contribution in [0.25, 0.3) is 0 Å². The molecule has 2 aliphatic carbocycles. The van der Waals surface area contributed by atoms with E-state index >= 15 is 0 Å². The highest BCUT2D eigenvalue weighted by Gasteiger charge is 2.44. The second kappa shape index (κ2) is 3.48. The zero-order chi connectivity index (χ0) is 10.3. The number of hydrogen-bond acceptors (Lipinski definition) is 1. The van der Waals surface area contributed by atoms with E-state index in [2.05, 4.69) is 12.1 Å². The van der Waals surface area contributed by atoms with Crippen molar-refractivity contribution < 1.29 is 4.79 Å². The minimum absolute atomic E-state index is 0.221. The Kier molecular flexibility index (Phi) is 2.12. The molecule has 0 unspecified atom stereocenters. The van der Waals surface area contributed by atoms with Crippen molar-refractivity contribution in [3.8, 4) is 0 Å². The second-order valence-corrected chi connectivity index (χ2v) is 4.91. The number of rotatable bonds is 1. The van der Waals surface area contributed by atoms with Crippen LogP contribution in [0.15, 0.2) is 30.3 Å². The zero-order valence-electron chi connectivity index (χ0n) is 8.86. The summed E-state index contributed by atoms with van der Waals surface area (Å²) in [6, 6.07) is 10.3. The van der Waals surface area contributed by atoms with Crippen LogP contribution < -0.4 is 0 Å². The fourth-order valence-corrected chi connectivity index (χ4v) is 3.48. The zero-order valence-corrected chi connectivity index (χ0v) is 8.86. The van der Waals surface area contributed by atoms with Crippen molar-refractivity contribution in [1.82, 2.24) is 0 Å². The van der Waals surface area contributed by atoms with Crippen LogP contribution >= 0.6 is 0 Å². The summed E-state index contributed by atoms with van der Waals surface area (Å²) in [4.78, 5) is 12.0. The monoisotopic (exact) mass is 200 g/mol. The Bertz CT molecular complexity index is 368. The summed E-state index contributed by atoms with van der Waals surface area (Å²) in [5, 5.41) is 0. The molecule has 1 heteroatoms. The fraction of sp³-hybridized carbons (Fsp3) is 0.500. The van der Waals surface area contributed by atoms with Crippen LogP contribution in [0.2, 0.25) is 0 Å². The molecule has 78 valence electrons. The summed E-state index contributed by atoms with van der Waals surface area (Å²) >= 11 is 0. The van der Waals surface area contributed by atoms with Crippen LogP contribution in [0.5, 0.6) is 0 Å². The molecule has 0 radical (unpaired) electrons. The highest BCUT2D eigenvalue weighted by Crippen LogP contribution is 2.49. The van der Waals surface area contributed by atoms with Crippen LogP contribution in [0.1, 0.15) is 37.2 Å². The Morgan fingerprint density at radius 2 is 1.87 bits per heavy atom. The van der Waals surface area contributed by atoms with Gasteiger partial charge in [0.25, 0.3) is 0 Å². The van der Waals surface area contributed by atoms with Gasteiger partial charge in [-0.2, -0.15) is 0 Å². The summed E-state index contributed by atoms with van der Waals surface area (Å²) in [5.74, 6) is 2.05. The largest absolute Gasteiger partial charge is 0.299 e. The highest BCUT2D eigenvalue weighted by molar-refractivity contribution is 5.88. The second-order valence-electron chi connectivity index (χ2n) is 4.91. The summed E-state index contributed by atoms with van der Waals surface area (Å²) in [6.07, 6.45) is 4.70. The van der Waals surface area contributed by atoms with E-state index in [0.717, 1.165) is 6.42 Å². The van der Waals surface area contributed by atoms with E-state index in [1.807, 2.05) is 18.2 Å². The van der Waals surface area contributed by atoms with Gasteiger partial charge in [0.05, 0.1) is 0 Å². The molecule has 2 aliphatic rings. The van der Waals surface area contributed by atoms with E-state index in [-0.39, 0.29) is 5.92 Å². The molecule has 0 aromatic heterocycles. The molecule has 3 rings (SSSR count). The Morgan fingerprint density at radius 1 is 1.07 bits per heavy atom. The lowest BCUT2D eigenvalue weighted by Gasteiger charge is -2.17.